The van der Waals surface area contributed by atoms with Gasteiger partial charge in [-0.1, -0.05) is 18.5 Å². The molecule has 0 saturated heterocycles. The standard InChI is InChI=1S/C8H11ClN2O2S/c1-2-5-14(12,13)11-7-3-4-8(9)10-6-7/h3-4,6,11H,2,5H2,1H3. The van der Waals surface area contributed by atoms with Gasteiger partial charge in [-0.3, -0.25) is 4.72 Å². The minimum atomic E-state index is -3.23. The van der Waals surface area contributed by atoms with Crippen molar-refractivity contribution in [2.75, 3.05) is 10.5 Å². The lowest BCUT2D eigenvalue weighted by Crippen LogP contribution is -2.16. The molecule has 4 nitrogen and oxygen atoms in total. The van der Waals surface area contributed by atoms with E-state index in [0.717, 1.165) is 0 Å². The summed E-state index contributed by atoms with van der Waals surface area (Å²) in [6, 6.07) is 3.11. The summed E-state index contributed by atoms with van der Waals surface area (Å²) in [5.74, 6) is 0.107. The maximum absolute atomic E-state index is 11.3. The summed E-state index contributed by atoms with van der Waals surface area (Å²) in [6.45, 7) is 1.80. The van der Waals surface area contributed by atoms with E-state index in [1.807, 2.05) is 0 Å². The molecule has 78 valence electrons. The van der Waals surface area contributed by atoms with Gasteiger partial charge in [0.2, 0.25) is 10.0 Å². The van der Waals surface area contributed by atoms with E-state index >= 15 is 0 Å². The van der Waals surface area contributed by atoms with E-state index in [9.17, 15) is 8.42 Å². The molecule has 0 saturated carbocycles. The Balaban J connectivity index is 2.74. The van der Waals surface area contributed by atoms with Gasteiger partial charge in [0, 0.05) is 0 Å². The highest BCUT2D eigenvalue weighted by Gasteiger charge is 2.08. The van der Waals surface area contributed by atoms with E-state index in [1.54, 1.807) is 13.0 Å². The van der Waals surface area contributed by atoms with Gasteiger partial charge in [-0.2, -0.15) is 0 Å². The van der Waals surface area contributed by atoms with Crippen LogP contribution in [0.2, 0.25) is 5.15 Å². The lowest BCUT2D eigenvalue weighted by molar-refractivity contribution is 0.600. The van der Waals surface area contributed by atoms with E-state index < -0.39 is 10.0 Å². The number of nitrogens with zero attached hydrogens (tertiary/aromatic N) is 1. The zero-order valence-electron chi connectivity index (χ0n) is 7.70. The Labute approximate surface area is 88.4 Å². The first-order chi connectivity index (χ1) is 6.53. The Morgan fingerprint density at radius 1 is 1.50 bits per heavy atom. The van der Waals surface area contributed by atoms with Crippen LogP contribution < -0.4 is 4.72 Å². The first-order valence-electron chi connectivity index (χ1n) is 4.15. The average Bonchev–Trinajstić information content (AvgIpc) is 2.08. The highest BCUT2D eigenvalue weighted by Crippen LogP contribution is 2.11. The minimum Gasteiger partial charge on any atom is -0.282 e. The molecule has 0 bridgehead atoms. The van der Waals surface area contributed by atoms with Crippen LogP contribution >= 0.6 is 11.6 Å². The number of nitrogens with one attached hydrogen (secondary N) is 1. The van der Waals surface area contributed by atoms with Gasteiger partial charge in [0.15, 0.2) is 0 Å². The Bertz CT molecular complexity index is 388. The molecule has 0 aliphatic rings. The van der Waals surface area contributed by atoms with Crippen LogP contribution in [0, 0.1) is 0 Å². The molecule has 0 aliphatic carbocycles. The second-order valence-electron chi connectivity index (χ2n) is 2.79. The van der Waals surface area contributed by atoms with Crippen molar-refractivity contribution in [3.05, 3.63) is 23.5 Å². The van der Waals surface area contributed by atoms with Crippen molar-refractivity contribution < 1.29 is 8.42 Å². The molecule has 1 aromatic rings. The van der Waals surface area contributed by atoms with Crippen LogP contribution in [0.3, 0.4) is 0 Å². The number of hydrogen-bond donors (Lipinski definition) is 1. The summed E-state index contributed by atoms with van der Waals surface area (Å²) in [7, 11) is -3.23. The zero-order chi connectivity index (χ0) is 10.6. The van der Waals surface area contributed by atoms with Crippen LogP contribution in [0.4, 0.5) is 5.69 Å². The second kappa shape index (κ2) is 4.61. The molecular formula is C8H11ClN2O2S. The van der Waals surface area contributed by atoms with Crippen LogP contribution in [0.15, 0.2) is 18.3 Å². The van der Waals surface area contributed by atoms with Gasteiger partial charge in [-0.25, -0.2) is 13.4 Å². The van der Waals surface area contributed by atoms with Gasteiger partial charge in [0.05, 0.1) is 17.6 Å². The van der Waals surface area contributed by atoms with Crippen molar-refractivity contribution in [2.24, 2.45) is 0 Å². The number of rotatable bonds is 4. The lowest BCUT2D eigenvalue weighted by Gasteiger charge is -2.05. The van der Waals surface area contributed by atoms with Crippen molar-refractivity contribution in [1.82, 2.24) is 4.98 Å². The van der Waals surface area contributed by atoms with Crippen molar-refractivity contribution in [3.63, 3.8) is 0 Å². The molecule has 14 heavy (non-hydrogen) atoms. The molecule has 0 fully saturated rings. The quantitative estimate of drug-likeness (QED) is 0.810. The van der Waals surface area contributed by atoms with Crippen molar-refractivity contribution in [3.8, 4) is 0 Å². The SMILES string of the molecule is CCCS(=O)(=O)Nc1ccc(Cl)nc1. The third kappa shape index (κ3) is 3.51. The summed E-state index contributed by atoms with van der Waals surface area (Å²) < 4.78 is 25.0. The molecule has 0 amide bonds. The molecule has 0 spiro atoms. The largest absolute Gasteiger partial charge is 0.282 e. The first kappa shape index (κ1) is 11.3. The van der Waals surface area contributed by atoms with Crippen LogP contribution in [0.1, 0.15) is 13.3 Å². The normalized spacial score (nSPS) is 11.3. The van der Waals surface area contributed by atoms with Crippen molar-refractivity contribution in [2.45, 2.75) is 13.3 Å². The maximum Gasteiger partial charge on any atom is 0.232 e. The number of pyridine rings is 1. The Hall–Kier alpha value is -0.810. The summed E-state index contributed by atoms with van der Waals surface area (Å²) in [5, 5.41) is 0.337. The average molecular weight is 235 g/mol. The van der Waals surface area contributed by atoms with Gasteiger partial charge in [-0.15, -0.1) is 0 Å². The lowest BCUT2D eigenvalue weighted by atomic mass is 10.4. The van der Waals surface area contributed by atoms with E-state index in [-0.39, 0.29) is 5.75 Å². The van der Waals surface area contributed by atoms with Crippen LogP contribution in [-0.4, -0.2) is 19.2 Å². The maximum atomic E-state index is 11.3. The van der Waals surface area contributed by atoms with Crippen molar-refractivity contribution in [1.29, 1.82) is 0 Å². The molecular weight excluding hydrogens is 224 g/mol. The predicted molar refractivity (Wildman–Crippen MR) is 56.9 cm³/mol. The van der Waals surface area contributed by atoms with Crippen LogP contribution in [-0.2, 0) is 10.0 Å². The van der Waals surface area contributed by atoms with Crippen molar-refractivity contribution >= 4 is 27.3 Å². The van der Waals surface area contributed by atoms with E-state index in [0.29, 0.717) is 17.3 Å². The zero-order valence-corrected chi connectivity index (χ0v) is 9.27. The fourth-order valence-corrected chi connectivity index (χ4v) is 2.17. The van der Waals surface area contributed by atoms with Gasteiger partial charge in [0.25, 0.3) is 0 Å². The van der Waals surface area contributed by atoms with Crippen LogP contribution in [0.25, 0.3) is 0 Å². The van der Waals surface area contributed by atoms with E-state index in [2.05, 4.69) is 9.71 Å². The number of hydrogen-bond acceptors (Lipinski definition) is 3. The highest BCUT2D eigenvalue weighted by molar-refractivity contribution is 7.92. The molecule has 1 heterocycles. The summed E-state index contributed by atoms with van der Waals surface area (Å²) in [4.78, 5) is 3.76. The number of sulfonamides is 1. The fraction of sp³-hybridized carbons (Fsp3) is 0.375. The molecule has 6 heteroatoms. The number of aromatic nitrogens is 1. The smallest absolute Gasteiger partial charge is 0.232 e. The third-order valence-corrected chi connectivity index (χ3v) is 3.19. The second-order valence-corrected chi connectivity index (χ2v) is 5.02. The number of anilines is 1. The summed E-state index contributed by atoms with van der Waals surface area (Å²) in [6.07, 6.45) is 1.96. The minimum absolute atomic E-state index is 0.107. The molecule has 1 rings (SSSR count). The van der Waals surface area contributed by atoms with Gasteiger partial charge in [-0.05, 0) is 18.6 Å². The highest BCUT2D eigenvalue weighted by atomic mass is 35.5. The van der Waals surface area contributed by atoms with Crippen LogP contribution in [0.5, 0.6) is 0 Å². The molecule has 0 aromatic carbocycles. The Morgan fingerprint density at radius 3 is 2.71 bits per heavy atom. The third-order valence-electron chi connectivity index (χ3n) is 1.47. The Kier molecular flexibility index (Phi) is 3.71. The summed E-state index contributed by atoms with van der Waals surface area (Å²) in [5.41, 5.74) is 0.433. The fourth-order valence-electron chi connectivity index (χ4n) is 0.936. The number of halogens is 1. The van der Waals surface area contributed by atoms with E-state index in [4.69, 9.17) is 11.6 Å². The molecule has 1 N–H and O–H groups in total. The first-order valence-corrected chi connectivity index (χ1v) is 6.18. The molecule has 0 unspecified atom stereocenters. The molecule has 1 aromatic heterocycles. The Morgan fingerprint density at radius 2 is 2.21 bits per heavy atom. The molecule has 0 atom stereocenters. The summed E-state index contributed by atoms with van der Waals surface area (Å²) >= 11 is 5.56. The van der Waals surface area contributed by atoms with E-state index in [1.165, 1.54) is 12.3 Å². The topological polar surface area (TPSA) is 59.1 Å². The van der Waals surface area contributed by atoms with Gasteiger partial charge < -0.3 is 0 Å². The predicted octanol–water partition coefficient (Wildman–Crippen LogP) is 1.89. The molecule has 0 aliphatic heterocycles. The monoisotopic (exact) mass is 234 g/mol. The molecule has 0 radical (unpaired) electrons. The van der Waals surface area contributed by atoms with Gasteiger partial charge in [0.1, 0.15) is 5.15 Å². The van der Waals surface area contributed by atoms with Gasteiger partial charge >= 0.3 is 0 Å².